The molecule has 8 rings (SSSR count). The maximum absolute atomic E-state index is 11.7. The maximum atomic E-state index is 11.7. The topological polar surface area (TPSA) is 191 Å². The number of hydrogen-bond donors (Lipinski definition) is 0. The first-order chi connectivity index (χ1) is 29.9. The smallest absolute Gasteiger partial charge is 0.195 e. The highest BCUT2D eigenvalue weighted by Crippen LogP contribution is 2.31. The third-order valence-corrected chi connectivity index (χ3v) is 13.4. The van der Waals surface area contributed by atoms with Crippen molar-refractivity contribution in [1.82, 2.24) is 58.1 Å². The molecule has 0 saturated heterocycles. The normalized spacial score (nSPS) is 12.1. The number of halogens is 4. The third-order valence-electron chi connectivity index (χ3n) is 9.29. The van der Waals surface area contributed by atoms with Crippen LogP contribution in [0, 0.1) is 0 Å². The third kappa shape index (κ3) is 11.6. The van der Waals surface area contributed by atoms with Gasteiger partial charge < -0.3 is 18.3 Å². The lowest BCUT2D eigenvalue weighted by Crippen LogP contribution is -2.07. The highest BCUT2D eigenvalue weighted by molar-refractivity contribution is 7.99. The van der Waals surface area contributed by atoms with E-state index in [1.807, 2.05) is 63.5 Å². The monoisotopic (exact) mass is 1030 g/mol. The van der Waals surface area contributed by atoms with Crippen molar-refractivity contribution < 1.29 is 16.8 Å². The molecule has 0 bridgehead atoms. The summed E-state index contributed by atoms with van der Waals surface area (Å²) in [7, 11) is -6.87. The van der Waals surface area contributed by atoms with Gasteiger partial charge in [-0.3, -0.25) is 0 Å². The minimum atomic E-state index is -3.44. The first kappa shape index (κ1) is 51.2. The minimum absolute atomic E-state index is 0.0220. The molecule has 8 aromatic rings. The van der Waals surface area contributed by atoms with Crippen molar-refractivity contribution in [1.29, 1.82) is 0 Å². The van der Waals surface area contributed by atoms with Crippen molar-refractivity contribution >= 4 is 134 Å². The van der Waals surface area contributed by atoms with Crippen LogP contribution in [0.2, 0.25) is 20.6 Å². The van der Waals surface area contributed by atoms with Crippen LogP contribution in [0.4, 0.5) is 0 Å². The Balaban J connectivity index is 0.000000161. The predicted octanol–water partition coefficient (Wildman–Crippen LogP) is 10.9. The summed E-state index contributed by atoms with van der Waals surface area (Å²) in [5.41, 5.74) is 6.06. The second kappa shape index (κ2) is 20.8. The summed E-state index contributed by atoms with van der Waals surface area (Å²) in [5, 5.41) is 3.04. The van der Waals surface area contributed by atoms with Gasteiger partial charge in [0.1, 0.15) is 52.7 Å². The lowest BCUT2D eigenvalue weighted by Gasteiger charge is -2.10. The molecule has 0 aliphatic heterocycles. The van der Waals surface area contributed by atoms with Crippen LogP contribution in [0.3, 0.4) is 0 Å². The molecule has 8 aromatic heterocycles. The van der Waals surface area contributed by atoms with E-state index in [1.165, 1.54) is 0 Å². The molecule has 64 heavy (non-hydrogen) atoms. The number of fused-ring (bicyclic) bond motifs is 4. The molecule has 0 spiro atoms. The lowest BCUT2D eigenvalue weighted by molar-refractivity contribution is 0.592. The number of nitrogens with zero attached hydrogens (tertiary/aromatic N) is 12. The van der Waals surface area contributed by atoms with Gasteiger partial charge in [0.05, 0.1) is 47.4 Å². The highest BCUT2D eigenvalue weighted by atomic mass is 35.5. The summed E-state index contributed by atoms with van der Waals surface area (Å²) in [6.07, 6.45) is 13.1. The van der Waals surface area contributed by atoms with Crippen molar-refractivity contribution in [2.45, 2.75) is 99.7 Å². The average Bonchev–Trinajstić information content (AvgIpc) is 4.01. The van der Waals surface area contributed by atoms with Crippen LogP contribution < -0.4 is 0 Å². The summed E-state index contributed by atoms with van der Waals surface area (Å²) in [5.74, 6) is 0. The summed E-state index contributed by atoms with van der Waals surface area (Å²) in [6.45, 7) is 16.3. The Morgan fingerprint density at radius 1 is 0.469 bits per heavy atom. The van der Waals surface area contributed by atoms with E-state index in [9.17, 15) is 16.8 Å². The van der Waals surface area contributed by atoms with E-state index < -0.39 is 19.7 Å². The van der Waals surface area contributed by atoms with Gasteiger partial charge in [0.25, 0.3) is 0 Å². The highest BCUT2D eigenvalue weighted by Gasteiger charge is 2.22. The predicted molar refractivity (Wildman–Crippen MR) is 261 cm³/mol. The van der Waals surface area contributed by atoms with Gasteiger partial charge in [-0.15, -0.1) is 23.5 Å². The molecule has 0 aromatic carbocycles. The second-order valence-corrected chi connectivity index (χ2v) is 22.4. The molecule has 0 N–H and O–H groups in total. The van der Waals surface area contributed by atoms with Crippen molar-refractivity contribution in [2.24, 2.45) is 0 Å². The van der Waals surface area contributed by atoms with Crippen LogP contribution in [-0.2, 0) is 19.7 Å². The first-order valence-electron chi connectivity index (χ1n) is 19.5. The quantitative estimate of drug-likeness (QED) is 0.103. The molecule has 0 amide bonds. The second-order valence-electron chi connectivity index (χ2n) is 15.4. The zero-order valence-corrected chi connectivity index (χ0v) is 43.4. The van der Waals surface area contributed by atoms with Gasteiger partial charge in [-0.25, -0.2) is 56.7 Å². The van der Waals surface area contributed by atoms with Gasteiger partial charge in [-0.2, -0.15) is 0 Å². The molecule has 0 fully saturated rings. The van der Waals surface area contributed by atoms with Gasteiger partial charge in [0, 0.05) is 60.9 Å². The number of rotatable bonds is 8. The van der Waals surface area contributed by atoms with Crippen molar-refractivity contribution in [3.63, 3.8) is 0 Å². The molecule has 0 radical (unpaired) electrons. The van der Waals surface area contributed by atoms with Crippen LogP contribution in [0.15, 0.2) is 69.7 Å². The molecular weight excluding hydrogens is 983 g/mol. The maximum Gasteiger partial charge on any atom is 0.195 e. The number of imidazole rings is 4. The van der Waals surface area contributed by atoms with E-state index >= 15 is 0 Å². The van der Waals surface area contributed by atoms with Gasteiger partial charge in [0.2, 0.25) is 0 Å². The van der Waals surface area contributed by atoms with E-state index in [0.717, 1.165) is 44.6 Å². The van der Waals surface area contributed by atoms with Crippen LogP contribution >= 0.6 is 69.9 Å². The van der Waals surface area contributed by atoms with Crippen molar-refractivity contribution in [3.05, 3.63) is 70.2 Å². The summed E-state index contributed by atoms with van der Waals surface area (Å²) < 4.78 is 54.5. The van der Waals surface area contributed by atoms with Gasteiger partial charge in [-0.05, 0) is 67.9 Å². The fourth-order valence-electron chi connectivity index (χ4n) is 6.35. The Labute approximate surface area is 400 Å². The number of hydrogen-bond acceptors (Lipinski definition) is 14. The Morgan fingerprint density at radius 3 is 1.30 bits per heavy atom. The van der Waals surface area contributed by atoms with Crippen LogP contribution in [-0.4, -0.2) is 100.0 Å². The molecule has 0 atom stereocenters. The van der Waals surface area contributed by atoms with Crippen LogP contribution in [0.1, 0.15) is 79.6 Å². The Morgan fingerprint density at radius 2 is 0.828 bits per heavy atom. The van der Waals surface area contributed by atoms with E-state index in [4.69, 9.17) is 46.4 Å². The lowest BCUT2D eigenvalue weighted by atomic mass is 10.3. The number of thioether (sulfide) groups is 2. The molecule has 344 valence electrons. The van der Waals surface area contributed by atoms with Gasteiger partial charge in [-0.1, -0.05) is 46.4 Å². The largest absolute Gasteiger partial charge is 0.328 e. The minimum Gasteiger partial charge on any atom is -0.328 e. The van der Waals surface area contributed by atoms with Crippen LogP contribution in [0.5, 0.6) is 0 Å². The Kier molecular flexibility index (Phi) is 16.7. The first-order valence-corrected chi connectivity index (χ1v) is 27.2. The molecule has 0 aliphatic carbocycles. The molecule has 0 saturated carbocycles. The van der Waals surface area contributed by atoms with Gasteiger partial charge in [0.15, 0.2) is 29.7 Å². The molecule has 16 nitrogen and oxygen atoms in total. The average molecular weight is 1030 g/mol. The molecule has 0 aliphatic rings. The zero-order chi connectivity index (χ0) is 47.6. The SMILES string of the molecule is CC(C)n1cnc2c(S(C)(=O)=O)nc(Cl)cc21.CC(C)n1cnc2cc(Cl)nc(S(C)(=O)=O)c21.CSc1nc(Cl)cc2c1ncn2C(C)C.CSc1nc(Cl)cc2ncn(C(C)C)c12. The standard InChI is InChI=1S/2C10H12ClN3O2S.2C10H12ClN3S/c1-6(2)14-5-12-9-7(14)4-8(11)13-10(9)17(3,15)16;1-6(2)14-5-12-7-4-8(11)13-10(9(7)14)17(3,15)16;1-6(2)14-5-12-9-7(14)4-8(11)13-10(9)15-3;1-6(2)14-5-12-7-4-8(11)13-10(15-3)9(7)14/h2*4-6H,1-3H3;2*4-6H,1-3H3. The number of aromatic nitrogens is 12. The Bertz CT molecular complexity index is 3180. The zero-order valence-electron chi connectivity index (χ0n) is 37.1. The molecule has 8 heterocycles. The van der Waals surface area contributed by atoms with E-state index in [1.54, 1.807) is 58.9 Å². The van der Waals surface area contributed by atoms with Crippen molar-refractivity contribution in [3.8, 4) is 0 Å². The molecule has 24 heteroatoms. The van der Waals surface area contributed by atoms with Crippen molar-refractivity contribution in [2.75, 3.05) is 25.0 Å². The number of pyridine rings is 4. The van der Waals surface area contributed by atoms with Crippen LogP contribution in [0.25, 0.3) is 44.1 Å². The molecular formula is C40H48Cl4N12O4S4. The fourth-order valence-corrected chi connectivity index (χ4v) is 10.0. The summed E-state index contributed by atoms with van der Waals surface area (Å²) >= 11 is 26.7. The fraction of sp³-hybridized carbons (Fsp3) is 0.400. The van der Waals surface area contributed by atoms with Gasteiger partial charge >= 0.3 is 0 Å². The van der Waals surface area contributed by atoms with E-state index in [-0.39, 0.29) is 32.4 Å². The summed E-state index contributed by atoms with van der Waals surface area (Å²) in [6, 6.07) is 7.88. The van der Waals surface area contributed by atoms with E-state index in [2.05, 4.69) is 76.7 Å². The molecule has 0 unspecified atom stereocenters. The Hall–Kier alpha value is -3.76. The number of sulfone groups is 2. The summed E-state index contributed by atoms with van der Waals surface area (Å²) in [4.78, 5) is 33.3. The van der Waals surface area contributed by atoms with E-state index in [0.29, 0.717) is 44.5 Å².